The summed E-state index contributed by atoms with van der Waals surface area (Å²) < 4.78 is 0. The Balaban J connectivity index is 1.92. The van der Waals surface area contributed by atoms with Gasteiger partial charge in [-0.2, -0.15) is 0 Å². The van der Waals surface area contributed by atoms with E-state index in [1.54, 1.807) is 12.3 Å². The first kappa shape index (κ1) is 14.8. The second kappa shape index (κ2) is 6.22. The summed E-state index contributed by atoms with van der Waals surface area (Å²) in [6.45, 7) is 10.2. The molecule has 1 aliphatic rings. The molecule has 0 saturated carbocycles. The van der Waals surface area contributed by atoms with Crippen molar-refractivity contribution in [2.75, 3.05) is 31.5 Å². The number of anilines is 1. The van der Waals surface area contributed by atoms with Gasteiger partial charge in [0.15, 0.2) is 0 Å². The molecule has 0 spiro atoms. The summed E-state index contributed by atoms with van der Waals surface area (Å²) in [7, 11) is 0. The zero-order valence-electron chi connectivity index (χ0n) is 12.6. The molecule has 2 heterocycles. The van der Waals surface area contributed by atoms with Crippen LogP contribution in [-0.4, -0.2) is 52.5 Å². The van der Waals surface area contributed by atoms with Crippen molar-refractivity contribution in [1.82, 2.24) is 14.8 Å². The Labute approximate surface area is 121 Å². The van der Waals surface area contributed by atoms with Crippen LogP contribution in [0.4, 0.5) is 10.6 Å². The van der Waals surface area contributed by atoms with Crippen LogP contribution in [-0.2, 0) is 0 Å². The summed E-state index contributed by atoms with van der Waals surface area (Å²) in [6, 6.07) is 5.45. The molecular weight excluding hydrogens is 252 g/mol. The molecule has 5 heteroatoms. The van der Waals surface area contributed by atoms with Crippen LogP contribution in [0.5, 0.6) is 0 Å². The zero-order chi connectivity index (χ0) is 14.6. The topological polar surface area (TPSA) is 48.5 Å². The van der Waals surface area contributed by atoms with Gasteiger partial charge in [-0.25, -0.2) is 9.78 Å². The van der Waals surface area contributed by atoms with Crippen molar-refractivity contribution in [3.63, 3.8) is 0 Å². The van der Waals surface area contributed by atoms with E-state index in [1.165, 1.54) is 0 Å². The number of carbonyl (C=O) groups excluding carboxylic acids is 1. The highest BCUT2D eigenvalue weighted by molar-refractivity contribution is 5.88. The van der Waals surface area contributed by atoms with E-state index >= 15 is 0 Å². The molecule has 0 radical (unpaired) electrons. The summed E-state index contributed by atoms with van der Waals surface area (Å²) >= 11 is 0. The number of urea groups is 1. The first-order chi connectivity index (χ1) is 9.47. The van der Waals surface area contributed by atoms with Gasteiger partial charge >= 0.3 is 6.03 Å². The molecule has 1 N–H and O–H groups in total. The third-order valence-corrected chi connectivity index (χ3v) is 3.63. The second-order valence-electron chi connectivity index (χ2n) is 6.14. The first-order valence-electron chi connectivity index (χ1n) is 7.19. The maximum atomic E-state index is 12.2. The molecule has 0 aliphatic carbocycles. The summed E-state index contributed by atoms with van der Waals surface area (Å²) in [5.74, 6) is 0.606. The standard InChI is InChI=1S/C15H24N4O/c1-15(2,3)19-10-6-9-18(11-12-19)14(20)17-13-7-4-5-8-16-13/h4-5,7-8H,6,9-12H2,1-3H3,(H,16,17,20). The van der Waals surface area contributed by atoms with Crippen LogP contribution in [0.25, 0.3) is 0 Å². The summed E-state index contributed by atoms with van der Waals surface area (Å²) in [5, 5.41) is 2.85. The van der Waals surface area contributed by atoms with E-state index in [-0.39, 0.29) is 11.6 Å². The molecule has 0 atom stereocenters. The molecule has 0 aromatic carbocycles. The minimum Gasteiger partial charge on any atom is -0.323 e. The minimum absolute atomic E-state index is 0.0561. The van der Waals surface area contributed by atoms with Crippen LogP contribution in [0.15, 0.2) is 24.4 Å². The van der Waals surface area contributed by atoms with Gasteiger partial charge in [0.25, 0.3) is 0 Å². The van der Waals surface area contributed by atoms with Gasteiger partial charge in [-0.15, -0.1) is 0 Å². The van der Waals surface area contributed by atoms with Crippen LogP contribution >= 0.6 is 0 Å². The normalized spacial score (nSPS) is 17.6. The fourth-order valence-corrected chi connectivity index (χ4v) is 2.42. The number of nitrogens with one attached hydrogen (secondary N) is 1. The summed E-state index contributed by atoms with van der Waals surface area (Å²) in [6.07, 6.45) is 2.69. The molecule has 5 nitrogen and oxygen atoms in total. The summed E-state index contributed by atoms with van der Waals surface area (Å²) in [5.41, 5.74) is 0.160. The van der Waals surface area contributed by atoms with Crippen molar-refractivity contribution < 1.29 is 4.79 Å². The molecule has 0 bridgehead atoms. The Morgan fingerprint density at radius 2 is 2.00 bits per heavy atom. The van der Waals surface area contributed by atoms with Crippen molar-refractivity contribution in [3.8, 4) is 0 Å². The van der Waals surface area contributed by atoms with Gasteiger partial charge in [0, 0.05) is 37.9 Å². The van der Waals surface area contributed by atoms with Gasteiger partial charge in [0.1, 0.15) is 5.82 Å². The number of amides is 2. The molecule has 2 amide bonds. The van der Waals surface area contributed by atoms with Crippen molar-refractivity contribution in [2.24, 2.45) is 0 Å². The highest BCUT2D eigenvalue weighted by Gasteiger charge is 2.25. The predicted molar refractivity (Wildman–Crippen MR) is 80.8 cm³/mol. The van der Waals surface area contributed by atoms with Gasteiger partial charge < -0.3 is 4.90 Å². The number of rotatable bonds is 1. The van der Waals surface area contributed by atoms with Gasteiger partial charge in [0.05, 0.1) is 0 Å². The SMILES string of the molecule is CC(C)(C)N1CCCN(C(=O)Nc2ccccn2)CC1. The molecule has 1 saturated heterocycles. The third kappa shape index (κ3) is 3.93. The number of carbonyl (C=O) groups is 1. The lowest BCUT2D eigenvalue weighted by molar-refractivity contribution is 0.142. The number of hydrogen-bond acceptors (Lipinski definition) is 3. The Hall–Kier alpha value is -1.62. The predicted octanol–water partition coefficient (Wildman–Crippen LogP) is 2.42. The van der Waals surface area contributed by atoms with Crippen molar-refractivity contribution in [2.45, 2.75) is 32.7 Å². The highest BCUT2D eigenvalue weighted by Crippen LogP contribution is 2.16. The fraction of sp³-hybridized carbons (Fsp3) is 0.600. The molecule has 1 aromatic heterocycles. The van der Waals surface area contributed by atoms with Crippen LogP contribution in [0.3, 0.4) is 0 Å². The van der Waals surface area contributed by atoms with Crippen molar-refractivity contribution in [1.29, 1.82) is 0 Å². The zero-order valence-corrected chi connectivity index (χ0v) is 12.6. The Morgan fingerprint density at radius 1 is 1.20 bits per heavy atom. The van der Waals surface area contributed by atoms with Gasteiger partial charge in [-0.3, -0.25) is 10.2 Å². The smallest absolute Gasteiger partial charge is 0.323 e. The third-order valence-electron chi connectivity index (χ3n) is 3.63. The molecule has 1 fully saturated rings. The molecule has 2 rings (SSSR count). The lowest BCUT2D eigenvalue weighted by atomic mass is 10.1. The molecular formula is C15H24N4O. The molecule has 20 heavy (non-hydrogen) atoms. The van der Waals surface area contributed by atoms with Crippen molar-refractivity contribution in [3.05, 3.63) is 24.4 Å². The number of aromatic nitrogens is 1. The van der Waals surface area contributed by atoms with E-state index in [1.807, 2.05) is 17.0 Å². The van der Waals surface area contributed by atoms with Gasteiger partial charge in [-0.1, -0.05) is 6.07 Å². The lowest BCUT2D eigenvalue weighted by Crippen LogP contribution is -2.44. The van der Waals surface area contributed by atoms with Crippen molar-refractivity contribution >= 4 is 11.8 Å². The van der Waals surface area contributed by atoms with Crippen LogP contribution < -0.4 is 5.32 Å². The first-order valence-corrected chi connectivity index (χ1v) is 7.19. The average molecular weight is 276 g/mol. The molecule has 0 unspecified atom stereocenters. The quantitative estimate of drug-likeness (QED) is 0.857. The molecule has 1 aliphatic heterocycles. The maximum Gasteiger partial charge on any atom is 0.323 e. The maximum absolute atomic E-state index is 12.2. The number of hydrogen-bond donors (Lipinski definition) is 1. The largest absolute Gasteiger partial charge is 0.323 e. The fourth-order valence-electron chi connectivity index (χ4n) is 2.42. The lowest BCUT2D eigenvalue weighted by Gasteiger charge is -2.34. The monoisotopic (exact) mass is 276 g/mol. The van der Waals surface area contributed by atoms with E-state index in [4.69, 9.17) is 0 Å². The van der Waals surface area contributed by atoms with E-state index in [2.05, 4.69) is 36.0 Å². The van der Waals surface area contributed by atoms with E-state index in [0.29, 0.717) is 5.82 Å². The van der Waals surface area contributed by atoms with E-state index < -0.39 is 0 Å². The van der Waals surface area contributed by atoms with Crippen LogP contribution in [0.2, 0.25) is 0 Å². The molecule has 110 valence electrons. The van der Waals surface area contributed by atoms with Crippen LogP contribution in [0.1, 0.15) is 27.2 Å². The Kier molecular flexibility index (Phi) is 4.60. The number of pyridine rings is 1. The Bertz CT molecular complexity index is 441. The highest BCUT2D eigenvalue weighted by atomic mass is 16.2. The van der Waals surface area contributed by atoms with Crippen LogP contribution in [0, 0.1) is 0 Å². The summed E-state index contributed by atoms with van der Waals surface area (Å²) in [4.78, 5) is 20.7. The minimum atomic E-state index is -0.0561. The van der Waals surface area contributed by atoms with E-state index in [9.17, 15) is 4.79 Å². The second-order valence-corrected chi connectivity index (χ2v) is 6.14. The number of nitrogens with zero attached hydrogens (tertiary/aromatic N) is 3. The van der Waals surface area contributed by atoms with Gasteiger partial charge in [0.2, 0.25) is 0 Å². The van der Waals surface area contributed by atoms with E-state index in [0.717, 1.165) is 32.6 Å². The molecule has 1 aromatic rings. The van der Waals surface area contributed by atoms with Gasteiger partial charge in [-0.05, 0) is 39.3 Å². The average Bonchev–Trinajstić information content (AvgIpc) is 2.65. The Morgan fingerprint density at radius 3 is 2.65 bits per heavy atom.